The van der Waals surface area contributed by atoms with Crippen LogP contribution >= 0.6 is 0 Å². The van der Waals surface area contributed by atoms with E-state index in [1.165, 1.54) is 5.56 Å². The number of hydrogen-bond donors (Lipinski definition) is 0. The molecule has 0 N–H and O–H groups in total. The first kappa shape index (κ1) is 12.9. The van der Waals surface area contributed by atoms with Crippen LogP contribution in [-0.4, -0.2) is 10.1 Å². The minimum atomic E-state index is 0.389. The van der Waals surface area contributed by atoms with Crippen LogP contribution in [0.2, 0.25) is 0 Å². The van der Waals surface area contributed by atoms with Crippen molar-refractivity contribution in [3.05, 3.63) is 64.5 Å². The summed E-state index contributed by atoms with van der Waals surface area (Å²) in [5, 5.41) is 7.54. The van der Waals surface area contributed by atoms with Gasteiger partial charge in [-0.15, -0.1) is 0 Å². The number of nitrogens with zero attached hydrogens (tertiary/aromatic N) is 5. The maximum absolute atomic E-state index is 8.46. The Kier molecular flexibility index (Phi) is 3.37. The molecule has 1 heterocycles. The zero-order valence-corrected chi connectivity index (χ0v) is 11.3. The molecule has 0 saturated heterocycles. The monoisotopic (exact) mass is 277 g/mol. The first-order valence-corrected chi connectivity index (χ1v) is 6.32. The molecule has 0 amide bonds. The zero-order chi connectivity index (χ0) is 14.7. The van der Waals surface area contributed by atoms with E-state index in [-0.39, 0.29) is 0 Å². The minimum absolute atomic E-state index is 0.389. The van der Waals surface area contributed by atoms with Gasteiger partial charge >= 0.3 is 0 Å². The van der Waals surface area contributed by atoms with E-state index >= 15 is 0 Å². The third kappa shape index (κ3) is 2.75. The molecular formula is C15H11N5O. The smallest absolute Gasteiger partial charge is 0.258 e. The van der Waals surface area contributed by atoms with Gasteiger partial charge in [0.1, 0.15) is 0 Å². The molecule has 1 aromatic heterocycles. The Labute approximate surface area is 120 Å². The molecule has 102 valence electrons. The van der Waals surface area contributed by atoms with Crippen LogP contribution in [-0.2, 0) is 0 Å². The van der Waals surface area contributed by atoms with Gasteiger partial charge in [-0.25, -0.2) is 0 Å². The molecule has 0 atom stereocenters. The average molecular weight is 277 g/mol. The van der Waals surface area contributed by atoms with Gasteiger partial charge in [-0.1, -0.05) is 52.2 Å². The predicted octanol–water partition coefficient (Wildman–Crippen LogP) is 4.65. The van der Waals surface area contributed by atoms with Crippen molar-refractivity contribution >= 4 is 5.69 Å². The van der Waals surface area contributed by atoms with Gasteiger partial charge < -0.3 is 4.52 Å². The van der Waals surface area contributed by atoms with Crippen LogP contribution in [0.15, 0.2) is 58.2 Å². The largest absolute Gasteiger partial charge is 0.334 e. The van der Waals surface area contributed by atoms with Crippen LogP contribution in [0, 0.1) is 6.92 Å². The van der Waals surface area contributed by atoms with Crippen molar-refractivity contribution in [1.82, 2.24) is 10.1 Å². The summed E-state index contributed by atoms with van der Waals surface area (Å²) in [5.41, 5.74) is 11.7. The second-order valence-corrected chi connectivity index (χ2v) is 4.53. The van der Waals surface area contributed by atoms with E-state index in [2.05, 4.69) is 20.2 Å². The van der Waals surface area contributed by atoms with Crippen molar-refractivity contribution in [2.45, 2.75) is 6.92 Å². The Morgan fingerprint density at radius 3 is 2.67 bits per heavy atom. The van der Waals surface area contributed by atoms with Gasteiger partial charge in [0, 0.05) is 21.7 Å². The lowest BCUT2D eigenvalue weighted by molar-refractivity contribution is 0.432. The number of benzene rings is 2. The molecule has 0 aliphatic heterocycles. The lowest BCUT2D eigenvalue weighted by atomic mass is 10.1. The van der Waals surface area contributed by atoms with Crippen LogP contribution in [0.5, 0.6) is 0 Å². The Morgan fingerprint density at radius 2 is 1.90 bits per heavy atom. The SMILES string of the molecule is Cc1ccc(-c2noc(-c3cccc(N=[N+]=[N-])c3)n2)cc1. The van der Waals surface area contributed by atoms with Crippen LogP contribution < -0.4 is 0 Å². The standard InChI is InChI=1S/C15H11N5O/c1-10-5-7-11(8-6-10)14-17-15(21-19-14)12-3-2-4-13(9-12)18-20-16/h2-9H,1H3. The number of rotatable bonds is 3. The number of hydrogen-bond acceptors (Lipinski definition) is 4. The molecule has 0 spiro atoms. The summed E-state index contributed by atoms with van der Waals surface area (Å²) in [6.45, 7) is 2.02. The van der Waals surface area contributed by atoms with Crippen molar-refractivity contribution in [3.8, 4) is 22.8 Å². The molecule has 21 heavy (non-hydrogen) atoms. The molecule has 2 aromatic carbocycles. The van der Waals surface area contributed by atoms with E-state index in [1.807, 2.05) is 37.3 Å². The number of aryl methyl sites for hydroxylation is 1. The Balaban J connectivity index is 1.96. The predicted molar refractivity (Wildman–Crippen MR) is 78.7 cm³/mol. The summed E-state index contributed by atoms with van der Waals surface area (Å²) in [7, 11) is 0. The summed E-state index contributed by atoms with van der Waals surface area (Å²) in [6, 6.07) is 14.9. The number of azide groups is 1. The Morgan fingerprint density at radius 1 is 1.10 bits per heavy atom. The highest BCUT2D eigenvalue weighted by atomic mass is 16.5. The van der Waals surface area contributed by atoms with Crippen LogP contribution in [0.1, 0.15) is 5.56 Å². The van der Waals surface area contributed by atoms with E-state index in [0.29, 0.717) is 23.0 Å². The van der Waals surface area contributed by atoms with E-state index in [4.69, 9.17) is 10.1 Å². The summed E-state index contributed by atoms with van der Waals surface area (Å²) in [5.74, 6) is 0.916. The topological polar surface area (TPSA) is 87.7 Å². The van der Waals surface area contributed by atoms with E-state index in [1.54, 1.807) is 18.2 Å². The van der Waals surface area contributed by atoms with Crippen molar-refractivity contribution in [2.24, 2.45) is 5.11 Å². The van der Waals surface area contributed by atoms with Crippen LogP contribution in [0.25, 0.3) is 33.3 Å². The van der Waals surface area contributed by atoms with Crippen molar-refractivity contribution in [2.75, 3.05) is 0 Å². The van der Waals surface area contributed by atoms with E-state index in [0.717, 1.165) is 5.56 Å². The molecule has 3 aromatic rings. The van der Waals surface area contributed by atoms with Gasteiger partial charge in [0.05, 0.1) is 0 Å². The molecule has 0 aliphatic carbocycles. The normalized spacial score (nSPS) is 10.1. The first-order chi connectivity index (χ1) is 10.3. The minimum Gasteiger partial charge on any atom is -0.334 e. The molecule has 0 bridgehead atoms. The molecule has 3 rings (SSSR count). The summed E-state index contributed by atoms with van der Waals surface area (Å²) in [4.78, 5) is 7.13. The highest BCUT2D eigenvalue weighted by Gasteiger charge is 2.10. The van der Waals surface area contributed by atoms with Gasteiger partial charge in [0.15, 0.2) is 0 Å². The van der Waals surface area contributed by atoms with Crippen molar-refractivity contribution < 1.29 is 4.52 Å². The van der Waals surface area contributed by atoms with Crippen LogP contribution in [0.3, 0.4) is 0 Å². The van der Waals surface area contributed by atoms with Crippen LogP contribution in [0.4, 0.5) is 5.69 Å². The molecular weight excluding hydrogens is 266 g/mol. The summed E-state index contributed by atoms with van der Waals surface area (Å²) < 4.78 is 5.27. The fourth-order valence-corrected chi connectivity index (χ4v) is 1.91. The van der Waals surface area contributed by atoms with E-state index in [9.17, 15) is 0 Å². The van der Waals surface area contributed by atoms with Gasteiger partial charge in [-0.05, 0) is 24.6 Å². The summed E-state index contributed by atoms with van der Waals surface area (Å²) in [6.07, 6.45) is 0. The number of aromatic nitrogens is 2. The fraction of sp³-hybridized carbons (Fsp3) is 0.0667. The second kappa shape index (κ2) is 5.48. The molecule has 0 saturated carbocycles. The van der Waals surface area contributed by atoms with E-state index < -0.39 is 0 Å². The van der Waals surface area contributed by atoms with Gasteiger partial charge in [-0.3, -0.25) is 0 Å². The maximum atomic E-state index is 8.46. The quantitative estimate of drug-likeness (QED) is 0.396. The highest BCUT2D eigenvalue weighted by molar-refractivity contribution is 5.62. The van der Waals surface area contributed by atoms with Crippen molar-refractivity contribution in [3.63, 3.8) is 0 Å². The fourth-order valence-electron chi connectivity index (χ4n) is 1.91. The molecule has 6 heteroatoms. The molecule has 0 unspecified atom stereocenters. The second-order valence-electron chi connectivity index (χ2n) is 4.53. The molecule has 0 aliphatic rings. The van der Waals surface area contributed by atoms with Crippen molar-refractivity contribution in [1.29, 1.82) is 0 Å². The molecule has 0 fully saturated rings. The zero-order valence-electron chi connectivity index (χ0n) is 11.3. The first-order valence-electron chi connectivity index (χ1n) is 6.32. The lowest BCUT2D eigenvalue weighted by Gasteiger charge is -1.96. The molecule has 6 nitrogen and oxygen atoms in total. The van der Waals surface area contributed by atoms with Gasteiger partial charge in [0.25, 0.3) is 5.89 Å². The maximum Gasteiger partial charge on any atom is 0.258 e. The highest BCUT2D eigenvalue weighted by Crippen LogP contribution is 2.25. The lowest BCUT2D eigenvalue weighted by Crippen LogP contribution is -1.81. The third-order valence-corrected chi connectivity index (χ3v) is 2.99. The van der Waals surface area contributed by atoms with Gasteiger partial charge in [0.2, 0.25) is 5.82 Å². The molecule has 0 radical (unpaired) electrons. The average Bonchev–Trinajstić information content (AvgIpc) is 2.98. The Bertz CT molecular complexity index is 816. The third-order valence-electron chi connectivity index (χ3n) is 2.99. The summed E-state index contributed by atoms with van der Waals surface area (Å²) >= 11 is 0. The van der Waals surface area contributed by atoms with Gasteiger partial charge in [-0.2, -0.15) is 4.98 Å². The Hall–Kier alpha value is -3.11.